The zero-order valence-corrected chi connectivity index (χ0v) is 22.8. The van der Waals surface area contributed by atoms with Crippen LogP contribution in [0.1, 0.15) is 24.2 Å². The van der Waals surface area contributed by atoms with Gasteiger partial charge in [0.15, 0.2) is 0 Å². The molecule has 10 heteroatoms. The number of nitrogens with zero attached hydrogens (tertiary/aromatic N) is 1. The monoisotopic (exact) mass is 544 g/mol. The second-order valence-electron chi connectivity index (χ2n) is 8.69. The van der Waals surface area contributed by atoms with Gasteiger partial charge in [-0.25, -0.2) is 0 Å². The fourth-order valence-electron chi connectivity index (χ4n) is 4.22. The number of nitrogens with one attached hydrogen (secondary N) is 3. The quantitative estimate of drug-likeness (QED) is 0.331. The van der Waals surface area contributed by atoms with Crippen molar-refractivity contribution in [3.63, 3.8) is 0 Å². The molecule has 0 fully saturated rings. The minimum atomic E-state index is -0.750. The molecule has 0 spiro atoms. The highest BCUT2D eigenvalue weighted by Crippen LogP contribution is 2.41. The number of allylic oxidation sites excluding steroid dienone is 2. The van der Waals surface area contributed by atoms with Gasteiger partial charge in [-0.2, -0.15) is 5.26 Å². The molecular weight excluding hydrogens is 516 g/mol. The number of carbonyl (C=O) groups excluding carboxylic acids is 2. The van der Waals surface area contributed by atoms with Gasteiger partial charge in [0, 0.05) is 17.5 Å². The minimum absolute atomic E-state index is 0.00312. The molecule has 1 aliphatic rings. The number of thioether (sulfide) groups is 1. The Bertz CT molecular complexity index is 1490. The van der Waals surface area contributed by atoms with Crippen LogP contribution in [0.15, 0.2) is 87.1 Å². The van der Waals surface area contributed by atoms with Crippen molar-refractivity contribution in [2.75, 3.05) is 30.6 Å². The van der Waals surface area contributed by atoms with Gasteiger partial charge in [-0.05, 0) is 55.8 Å². The van der Waals surface area contributed by atoms with Crippen LogP contribution >= 0.6 is 11.8 Å². The van der Waals surface area contributed by atoms with Crippen LogP contribution in [0.2, 0.25) is 0 Å². The number of aryl methyl sites for hydroxylation is 1. The SMILES string of the molecule is COc1ccc(OC)c(NC(=O)CSC2=C(C#N)C(c3ccco3)C(C(=O)Nc3cccc(C)c3)=C(C)N2)c1. The van der Waals surface area contributed by atoms with E-state index >= 15 is 0 Å². The maximum atomic E-state index is 13.5. The van der Waals surface area contributed by atoms with Crippen LogP contribution in [0.25, 0.3) is 0 Å². The summed E-state index contributed by atoms with van der Waals surface area (Å²) < 4.78 is 16.2. The molecule has 0 bridgehead atoms. The molecule has 1 atom stereocenters. The standard InChI is InChI=1S/C29H28N4O5S/c1-17-7-5-8-19(13-17)32-28(35)26-18(2)31-29(21(15-30)27(26)24-9-6-12-38-24)39-16-25(34)33-22-14-20(36-3)10-11-23(22)37-4/h5-14,27,31H,16H2,1-4H3,(H,32,35)(H,33,34). The van der Waals surface area contributed by atoms with E-state index in [9.17, 15) is 14.9 Å². The van der Waals surface area contributed by atoms with E-state index in [1.807, 2.05) is 25.1 Å². The normalized spacial score (nSPS) is 14.8. The Morgan fingerprint density at radius 2 is 1.90 bits per heavy atom. The van der Waals surface area contributed by atoms with E-state index < -0.39 is 5.92 Å². The summed E-state index contributed by atoms with van der Waals surface area (Å²) in [5, 5.41) is 19.6. The van der Waals surface area contributed by atoms with Crippen molar-refractivity contribution in [1.82, 2.24) is 5.32 Å². The maximum absolute atomic E-state index is 13.5. The Morgan fingerprint density at radius 3 is 2.56 bits per heavy atom. The van der Waals surface area contributed by atoms with E-state index in [0.717, 1.165) is 17.3 Å². The second-order valence-corrected chi connectivity index (χ2v) is 9.68. The highest BCUT2D eigenvalue weighted by molar-refractivity contribution is 8.03. The minimum Gasteiger partial charge on any atom is -0.497 e. The predicted octanol–water partition coefficient (Wildman–Crippen LogP) is 5.31. The van der Waals surface area contributed by atoms with E-state index in [4.69, 9.17) is 13.9 Å². The van der Waals surface area contributed by atoms with Crippen molar-refractivity contribution < 1.29 is 23.5 Å². The zero-order valence-electron chi connectivity index (χ0n) is 22.0. The van der Waals surface area contributed by atoms with E-state index in [1.54, 1.807) is 43.3 Å². The van der Waals surface area contributed by atoms with Crippen molar-refractivity contribution in [1.29, 1.82) is 5.26 Å². The number of hydrogen-bond donors (Lipinski definition) is 3. The van der Waals surface area contributed by atoms with Gasteiger partial charge in [-0.15, -0.1) is 0 Å². The van der Waals surface area contributed by atoms with E-state index in [1.165, 1.54) is 20.5 Å². The molecule has 0 radical (unpaired) electrons. The van der Waals surface area contributed by atoms with Crippen molar-refractivity contribution >= 4 is 35.0 Å². The Kier molecular flexibility index (Phi) is 8.63. The molecule has 2 aromatic carbocycles. The van der Waals surface area contributed by atoms with Crippen molar-refractivity contribution in [3.8, 4) is 17.6 Å². The van der Waals surface area contributed by atoms with Gasteiger partial charge in [0.25, 0.3) is 5.91 Å². The maximum Gasteiger partial charge on any atom is 0.254 e. The fourth-order valence-corrected chi connectivity index (χ4v) is 5.12. The molecule has 3 aromatic rings. The lowest BCUT2D eigenvalue weighted by molar-refractivity contribution is -0.114. The summed E-state index contributed by atoms with van der Waals surface area (Å²) >= 11 is 1.16. The van der Waals surface area contributed by atoms with Crippen LogP contribution in [-0.4, -0.2) is 31.8 Å². The third-order valence-corrected chi connectivity index (χ3v) is 7.04. The van der Waals surface area contributed by atoms with E-state index in [2.05, 4.69) is 22.0 Å². The fraction of sp³-hybridized carbons (Fsp3) is 0.207. The summed E-state index contributed by atoms with van der Waals surface area (Å²) in [6.45, 7) is 3.70. The number of dihydropyridines is 1. The Balaban J connectivity index is 1.58. The van der Waals surface area contributed by atoms with Crippen LogP contribution in [-0.2, 0) is 9.59 Å². The average molecular weight is 545 g/mol. The van der Waals surface area contributed by atoms with Gasteiger partial charge in [0.1, 0.15) is 17.3 Å². The number of hydrogen-bond acceptors (Lipinski definition) is 8. The number of ether oxygens (including phenoxy) is 2. The lowest BCUT2D eigenvalue weighted by atomic mass is 9.85. The van der Waals surface area contributed by atoms with Crippen LogP contribution < -0.4 is 25.4 Å². The number of benzene rings is 2. The summed E-state index contributed by atoms with van der Waals surface area (Å²) in [7, 11) is 3.05. The summed E-state index contributed by atoms with van der Waals surface area (Å²) in [6.07, 6.45) is 1.50. The smallest absolute Gasteiger partial charge is 0.254 e. The number of amides is 2. The molecule has 1 aliphatic heterocycles. The van der Waals surface area contributed by atoms with Gasteiger partial charge < -0.3 is 29.8 Å². The molecule has 1 unspecified atom stereocenters. The Morgan fingerprint density at radius 1 is 1.08 bits per heavy atom. The third-order valence-electron chi connectivity index (χ3n) is 6.02. The average Bonchev–Trinajstić information content (AvgIpc) is 3.46. The van der Waals surface area contributed by atoms with Crippen LogP contribution in [0.5, 0.6) is 11.5 Å². The first kappa shape index (κ1) is 27.4. The van der Waals surface area contributed by atoms with Gasteiger partial charge in [0.2, 0.25) is 5.91 Å². The van der Waals surface area contributed by atoms with E-state index in [-0.39, 0.29) is 23.1 Å². The predicted molar refractivity (Wildman–Crippen MR) is 150 cm³/mol. The first-order valence-electron chi connectivity index (χ1n) is 12.0. The molecule has 39 heavy (non-hydrogen) atoms. The van der Waals surface area contributed by atoms with Gasteiger partial charge >= 0.3 is 0 Å². The number of anilines is 2. The second kappa shape index (κ2) is 12.3. The molecule has 2 amide bonds. The number of nitriles is 1. The van der Waals surface area contributed by atoms with Gasteiger partial charge in [0.05, 0.1) is 60.1 Å². The van der Waals surface area contributed by atoms with Crippen molar-refractivity contribution in [3.05, 3.63) is 94.1 Å². The van der Waals surface area contributed by atoms with E-state index in [0.29, 0.717) is 44.9 Å². The number of furan rings is 1. The molecule has 0 saturated heterocycles. The third kappa shape index (κ3) is 6.27. The van der Waals surface area contributed by atoms with Crippen LogP contribution in [0, 0.1) is 18.3 Å². The highest BCUT2D eigenvalue weighted by atomic mass is 32.2. The number of rotatable bonds is 9. The summed E-state index contributed by atoms with van der Waals surface area (Å²) in [4.78, 5) is 26.3. The summed E-state index contributed by atoms with van der Waals surface area (Å²) in [6, 6.07) is 18.2. The van der Waals surface area contributed by atoms with Crippen LogP contribution in [0.3, 0.4) is 0 Å². The van der Waals surface area contributed by atoms with Crippen molar-refractivity contribution in [2.45, 2.75) is 19.8 Å². The molecule has 0 aliphatic carbocycles. The zero-order chi connectivity index (χ0) is 27.9. The molecule has 200 valence electrons. The summed E-state index contributed by atoms with van der Waals surface area (Å²) in [5.41, 5.74) is 3.31. The van der Waals surface area contributed by atoms with Crippen LogP contribution in [0.4, 0.5) is 11.4 Å². The molecular formula is C29H28N4O5S. The first-order valence-corrected chi connectivity index (χ1v) is 13.0. The summed E-state index contributed by atoms with van der Waals surface area (Å²) in [5.74, 6) is 0.0923. The molecule has 3 N–H and O–H groups in total. The lowest BCUT2D eigenvalue weighted by Gasteiger charge is -2.28. The number of methoxy groups -OCH3 is 2. The molecule has 2 heterocycles. The molecule has 4 rings (SSSR count). The molecule has 9 nitrogen and oxygen atoms in total. The van der Waals surface area contributed by atoms with Gasteiger partial charge in [-0.1, -0.05) is 23.9 Å². The Hall–Kier alpha value is -4.62. The highest BCUT2D eigenvalue weighted by Gasteiger charge is 2.36. The van der Waals surface area contributed by atoms with Crippen molar-refractivity contribution in [2.24, 2.45) is 0 Å². The Labute approximate surface area is 230 Å². The number of carbonyl (C=O) groups is 2. The topological polar surface area (TPSA) is 126 Å². The largest absolute Gasteiger partial charge is 0.497 e. The first-order chi connectivity index (χ1) is 18.8. The van der Waals surface area contributed by atoms with Gasteiger partial charge in [-0.3, -0.25) is 9.59 Å². The molecule has 1 aromatic heterocycles. The molecule has 0 saturated carbocycles. The lowest BCUT2D eigenvalue weighted by Crippen LogP contribution is -2.31.